The molecule has 120 valence electrons. The van der Waals surface area contributed by atoms with Crippen LogP contribution in [0.3, 0.4) is 0 Å². The van der Waals surface area contributed by atoms with Gasteiger partial charge in [0.05, 0.1) is 0 Å². The van der Waals surface area contributed by atoms with E-state index < -0.39 is 0 Å². The first-order valence-electron chi connectivity index (χ1n) is 8.80. The second-order valence-electron chi connectivity index (χ2n) is 6.89. The summed E-state index contributed by atoms with van der Waals surface area (Å²) in [4.78, 5) is 5.23. The molecule has 0 spiro atoms. The number of nitrogens with one attached hydrogen (secondary N) is 1. The predicted molar refractivity (Wildman–Crippen MR) is 89.3 cm³/mol. The standard InChI is InChI=1S/C17H37N3/c1-5-6-7-8-17(4)18-9-10-19-11-13-20(14-12-19)15-16(2)3/h16-18H,5-15H2,1-4H3. The molecule has 0 aromatic rings. The molecule has 1 rings (SSSR count). The Labute approximate surface area is 127 Å². The Morgan fingerprint density at radius 3 is 2.20 bits per heavy atom. The average Bonchev–Trinajstić information content (AvgIpc) is 2.40. The van der Waals surface area contributed by atoms with Crippen molar-refractivity contribution in [3.8, 4) is 0 Å². The Kier molecular flexibility index (Phi) is 9.49. The van der Waals surface area contributed by atoms with Crippen LogP contribution in [-0.2, 0) is 0 Å². The van der Waals surface area contributed by atoms with E-state index in [0.29, 0.717) is 6.04 Å². The molecular weight excluding hydrogens is 246 g/mol. The number of nitrogens with zero attached hydrogens (tertiary/aromatic N) is 2. The van der Waals surface area contributed by atoms with Crippen molar-refractivity contribution in [3.63, 3.8) is 0 Å². The lowest BCUT2D eigenvalue weighted by Crippen LogP contribution is -2.49. The molecule has 1 N–H and O–H groups in total. The molecule has 0 aliphatic carbocycles. The van der Waals surface area contributed by atoms with Gasteiger partial charge in [0.2, 0.25) is 0 Å². The smallest absolute Gasteiger partial charge is 0.0110 e. The van der Waals surface area contributed by atoms with E-state index in [1.165, 1.54) is 65.0 Å². The second kappa shape index (κ2) is 10.6. The third-order valence-corrected chi connectivity index (χ3v) is 4.25. The van der Waals surface area contributed by atoms with Crippen LogP contribution in [0.1, 0.15) is 53.4 Å². The van der Waals surface area contributed by atoms with E-state index in [9.17, 15) is 0 Å². The van der Waals surface area contributed by atoms with Gasteiger partial charge in [0.15, 0.2) is 0 Å². The third-order valence-electron chi connectivity index (χ3n) is 4.25. The highest BCUT2D eigenvalue weighted by atomic mass is 15.3. The van der Waals surface area contributed by atoms with E-state index in [1.54, 1.807) is 0 Å². The van der Waals surface area contributed by atoms with Gasteiger partial charge in [-0.05, 0) is 19.3 Å². The van der Waals surface area contributed by atoms with Crippen LogP contribution < -0.4 is 5.32 Å². The Balaban J connectivity index is 2.01. The molecule has 0 amide bonds. The molecule has 0 radical (unpaired) electrons. The largest absolute Gasteiger partial charge is 0.313 e. The number of unbranched alkanes of at least 4 members (excludes halogenated alkanes) is 2. The van der Waals surface area contributed by atoms with Gasteiger partial charge in [0.1, 0.15) is 0 Å². The summed E-state index contributed by atoms with van der Waals surface area (Å²) in [6.07, 6.45) is 5.41. The first kappa shape index (κ1) is 17.9. The van der Waals surface area contributed by atoms with Gasteiger partial charge >= 0.3 is 0 Å². The molecule has 0 saturated carbocycles. The van der Waals surface area contributed by atoms with Gasteiger partial charge in [-0.2, -0.15) is 0 Å². The zero-order valence-corrected chi connectivity index (χ0v) is 14.3. The molecule has 1 unspecified atom stereocenters. The topological polar surface area (TPSA) is 18.5 Å². The van der Waals surface area contributed by atoms with Gasteiger partial charge in [-0.1, -0.05) is 40.0 Å². The molecule has 0 aromatic heterocycles. The maximum Gasteiger partial charge on any atom is 0.0110 e. The Bertz CT molecular complexity index is 222. The highest BCUT2D eigenvalue weighted by molar-refractivity contribution is 4.73. The SMILES string of the molecule is CCCCCC(C)NCCN1CCN(CC(C)C)CC1. The molecule has 20 heavy (non-hydrogen) atoms. The first-order chi connectivity index (χ1) is 9.61. The van der Waals surface area contributed by atoms with Crippen molar-refractivity contribution < 1.29 is 0 Å². The molecule has 1 aliphatic rings. The summed E-state index contributed by atoms with van der Waals surface area (Å²) in [6, 6.07) is 0.684. The molecular formula is C17H37N3. The van der Waals surface area contributed by atoms with Crippen LogP contribution in [0.15, 0.2) is 0 Å². The molecule has 3 heteroatoms. The zero-order chi connectivity index (χ0) is 14.8. The van der Waals surface area contributed by atoms with E-state index in [1.807, 2.05) is 0 Å². The van der Waals surface area contributed by atoms with E-state index in [0.717, 1.165) is 12.5 Å². The lowest BCUT2D eigenvalue weighted by Gasteiger charge is -2.35. The van der Waals surface area contributed by atoms with Crippen molar-refractivity contribution in [2.24, 2.45) is 5.92 Å². The number of piperazine rings is 1. The van der Waals surface area contributed by atoms with Crippen molar-refractivity contribution in [1.29, 1.82) is 0 Å². The molecule has 3 nitrogen and oxygen atoms in total. The number of hydrogen-bond acceptors (Lipinski definition) is 3. The predicted octanol–water partition coefficient (Wildman–Crippen LogP) is 2.82. The van der Waals surface area contributed by atoms with Gasteiger partial charge in [-0.15, -0.1) is 0 Å². The Hall–Kier alpha value is -0.120. The van der Waals surface area contributed by atoms with Gasteiger partial charge in [-0.3, -0.25) is 4.90 Å². The maximum absolute atomic E-state index is 3.68. The number of hydrogen-bond donors (Lipinski definition) is 1. The third kappa shape index (κ3) is 8.23. The van der Waals surface area contributed by atoms with Crippen molar-refractivity contribution in [1.82, 2.24) is 15.1 Å². The van der Waals surface area contributed by atoms with Crippen LogP contribution >= 0.6 is 0 Å². The Morgan fingerprint density at radius 1 is 0.950 bits per heavy atom. The Morgan fingerprint density at radius 2 is 1.60 bits per heavy atom. The monoisotopic (exact) mass is 283 g/mol. The average molecular weight is 284 g/mol. The van der Waals surface area contributed by atoms with E-state index >= 15 is 0 Å². The van der Waals surface area contributed by atoms with Crippen LogP contribution in [0.25, 0.3) is 0 Å². The summed E-state index contributed by atoms with van der Waals surface area (Å²) in [5.41, 5.74) is 0. The van der Waals surface area contributed by atoms with Crippen molar-refractivity contribution in [2.45, 2.75) is 59.4 Å². The van der Waals surface area contributed by atoms with E-state index in [2.05, 4.69) is 42.8 Å². The highest BCUT2D eigenvalue weighted by Crippen LogP contribution is 2.05. The summed E-state index contributed by atoms with van der Waals surface area (Å²) >= 11 is 0. The van der Waals surface area contributed by atoms with E-state index in [-0.39, 0.29) is 0 Å². The van der Waals surface area contributed by atoms with E-state index in [4.69, 9.17) is 0 Å². The van der Waals surface area contributed by atoms with Gasteiger partial charge in [-0.25, -0.2) is 0 Å². The zero-order valence-electron chi connectivity index (χ0n) is 14.3. The van der Waals surface area contributed by atoms with Crippen molar-refractivity contribution in [2.75, 3.05) is 45.8 Å². The normalized spacial score (nSPS) is 19.6. The van der Waals surface area contributed by atoms with Crippen molar-refractivity contribution >= 4 is 0 Å². The summed E-state index contributed by atoms with van der Waals surface area (Å²) in [5.74, 6) is 0.798. The minimum Gasteiger partial charge on any atom is -0.313 e. The fraction of sp³-hybridized carbons (Fsp3) is 1.00. The molecule has 0 aromatic carbocycles. The van der Waals surface area contributed by atoms with Gasteiger partial charge in [0, 0.05) is 51.9 Å². The lowest BCUT2D eigenvalue weighted by atomic mass is 10.1. The second-order valence-corrected chi connectivity index (χ2v) is 6.89. The van der Waals surface area contributed by atoms with Crippen LogP contribution in [0, 0.1) is 5.92 Å². The fourth-order valence-electron chi connectivity index (χ4n) is 2.98. The van der Waals surface area contributed by atoms with Crippen LogP contribution in [0.5, 0.6) is 0 Å². The van der Waals surface area contributed by atoms with Crippen LogP contribution in [-0.4, -0.2) is 61.7 Å². The minimum absolute atomic E-state index is 0.684. The van der Waals surface area contributed by atoms with Crippen LogP contribution in [0.2, 0.25) is 0 Å². The van der Waals surface area contributed by atoms with Crippen LogP contribution in [0.4, 0.5) is 0 Å². The lowest BCUT2D eigenvalue weighted by molar-refractivity contribution is 0.122. The van der Waals surface area contributed by atoms with Crippen molar-refractivity contribution in [3.05, 3.63) is 0 Å². The van der Waals surface area contributed by atoms with Gasteiger partial charge in [0.25, 0.3) is 0 Å². The minimum atomic E-state index is 0.684. The summed E-state index contributed by atoms with van der Waals surface area (Å²) in [7, 11) is 0. The quantitative estimate of drug-likeness (QED) is 0.622. The summed E-state index contributed by atoms with van der Waals surface area (Å²) in [5, 5.41) is 3.68. The summed E-state index contributed by atoms with van der Waals surface area (Å²) in [6.45, 7) is 17.9. The van der Waals surface area contributed by atoms with Gasteiger partial charge < -0.3 is 10.2 Å². The molecule has 1 atom stereocenters. The maximum atomic E-state index is 3.68. The molecule has 1 heterocycles. The number of rotatable bonds is 10. The molecule has 1 saturated heterocycles. The first-order valence-corrected chi connectivity index (χ1v) is 8.80. The molecule has 1 aliphatic heterocycles. The highest BCUT2D eigenvalue weighted by Gasteiger charge is 2.16. The summed E-state index contributed by atoms with van der Waals surface area (Å²) < 4.78 is 0. The molecule has 1 fully saturated rings. The molecule has 0 bridgehead atoms. The fourth-order valence-corrected chi connectivity index (χ4v) is 2.98.